The Morgan fingerprint density at radius 3 is 2.75 bits per heavy atom. The number of halogens is 3. The Balaban J connectivity index is 1.90. The minimum atomic E-state index is -4.27. The molecule has 0 aromatic rings. The van der Waals surface area contributed by atoms with Crippen molar-refractivity contribution in [3.63, 3.8) is 0 Å². The summed E-state index contributed by atoms with van der Waals surface area (Å²) >= 11 is 0. The van der Waals surface area contributed by atoms with Gasteiger partial charge in [-0.15, -0.1) is 0 Å². The van der Waals surface area contributed by atoms with Crippen LogP contribution in [0.25, 0.3) is 0 Å². The predicted octanol–water partition coefficient (Wildman–Crippen LogP) is 2.39. The van der Waals surface area contributed by atoms with E-state index in [9.17, 15) is 18.0 Å². The molecule has 3 nitrogen and oxygen atoms in total. The highest BCUT2D eigenvalue weighted by Crippen LogP contribution is 2.41. The second kappa shape index (κ2) is 6.61. The van der Waals surface area contributed by atoms with Gasteiger partial charge in [-0.25, -0.2) is 0 Å². The molecule has 0 saturated heterocycles. The van der Waals surface area contributed by atoms with Crippen LogP contribution >= 0.6 is 0 Å². The fourth-order valence-corrected chi connectivity index (χ4v) is 3.00. The molecule has 2 N–H and O–H groups in total. The van der Waals surface area contributed by atoms with Gasteiger partial charge in [0.25, 0.3) is 0 Å². The fourth-order valence-electron chi connectivity index (χ4n) is 3.00. The molecule has 1 amide bonds. The van der Waals surface area contributed by atoms with Crippen LogP contribution in [0.4, 0.5) is 13.2 Å². The average Bonchev–Trinajstić information content (AvgIpc) is 2.45. The molecule has 0 radical (unpaired) electrons. The van der Waals surface area contributed by atoms with Crippen molar-refractivity contribution < 1.29 is 18.0 Å². The van der Waals surface area contributed by atoms with Gasteiger partial charge in [0, 0.05) is 19.0 Å². The third-order valence-corrected chi connectivity index (χ3v) is 4.17. The molecule has 0 aromatic heterocycles. The maximum absolute atomic E-state index is 12.9. The Hall–Kier alpha value is -1.04. The zero-order valence-electron chi connectivity index (χ0n) is 11.4. The van der Waals surface area contributed by atoms with E-state index in [0.717, 1.165) is 25.1 Å². The molecular formula is C14H21F3N2O. The lowest BCUT2D eigenvalue weighted by Crippen LogP contribution is -2.43. The smallest absolute Gasteiger partial charge is 0.352 e. The zero-order valence-corrected chi connectivity index (χ0v) is 11.4. The number of alkyl halides is 3. The van der Waals surface area contributed by atoms with Crippen molar-refractivity contribution in [2.24, 2.45) is 11.8 Å². The van der Waals surface area contributed by atoms with Crippen LogP contribution in [0.15, 0.2) is 11.6 Å². The third-order valence-electron chi connectivity index (χ3n) is 4.17. The maximum Gasteiger partial charge on any atom is 0.392 e. The lowest BCUT2D eigenvalue weighted by atomic mass is 9.78. The number of amides is 1. The van der Waals surface area contributed by atoms with Gasteiger partial charge in [-0.3, -0.25) is 4.79 Å². The first-order valence-corrected chi connectivity index (χ1v) is 7.21. The number of carbonyl (C=O) groups excluding carboxylic acids is 1. The van der Waals surface area contributed by atoms with E-state index < -0.39 is 23.9 Å². The molecule has 0 aromatic carbocycles. The predicted molar refractivity (Wildman–Crippen MR) is 70.1 cm³/mol. The molecule has 114 valence electrons. The minimum Gasteiger partial charge on any atom is -0.352 e. The van der Waals surface area contributed by atoms with E-state index in [-0.39, 0.29) is 6.42 Å². The molecule has 1 heterocycles. The van der Waals surface area contributed by atoms with Crippen LogP contribution in [0.2, 0.25) is 0 Å². The van der Waals surface area contributed by atoms with Crippen LogP contribution in [0.1, 0.15) is 32.1 Å². The molecule has 20 heavy (non-hydrogen) atoms. The van der Waals surface area contributed by atoms with Crippen LogP contribution in [-0.2, 0) is 4.79 Å². The van der Waals surface area contributed by atoms with E-state index in [2.05, 4.69) is 10.6 Å². The fraction of sp³-hybridized carbons (Fsp3) is 0.786. The second-order valence-electron chi connectivity index (χ2n) is 5.57. The number of nitrogens with one attached hydrogen (secondary N) is 2. The van der Waals surface area contributed by atoms with Crippen LogP contribution in [0.3, 0.4) is 0 Å². The van der Waals surface area contributed by atoms with Crippen molar-refractivity contribution in [1.82, 2.24) is 10.6 Å². The van der Waals surface area contributed by atoms with Crippen LogP contribution in [0.5, 0.6) is 0 Å². The van der Waals surface area contributed by atoms with Gasteiger partial charge in [0.1, 0.15) is 0 Å². The summed E-state index contributed by atoms with van der Waals surface area (Å²) in [4.78, 5) is 12.0. The van der Waals surface area contributed by atoms with E-state index in [1.807, 2.05) is 6.08 Å². The standard InChI is InChI=1S/C14H21F3N2O/c15-14(16,17)12-4-2-1-3-11(12)13(20)19-9-10-5-7-18-8-6-10/h5,11-12,18H,1-4,6-9H2,(H,19,20). The molecule has 1 aliphatic heterocycles. The summed E-state index contributed by atoms with van der Waals surface area (Å²) in [5, 5.41) is 5.84. The summed E-state index contributed by atoms with van der Waals surface area (Å²) in [6, 6.07) is 0. The lowest BCUT2D eigenvalue weighted by molar-refractivity contribution is -0.198. The van der Waals surface area contributed by atoms with Crippen molar-refractivity contribution in [1.29, 1.82) is 0 Å². The van der Waals surface area contributed by atoms with Crippen molar-refractivity contribution in [3.8, 4) is 0 Å². The Morgan fingerprint density at radius 2 is 2.10 bits per heavy atom. The highest BCUT2D eigenvalue weighted by atomic mass is 19.4. The van der Waals surface area contributed by atoms with Crippen LogP contribution < -0.4 is 10.6 Å². The van der Waals surface area contributed by atoms with Gasteiger partial charge in [-0.2, -0.15) is 13.2 Å². The second-order valence-corrected chi connectivity index (χ2v) is 5.57. The van der Waals surface area contributed by atoms with Crippen LogP contribution in [0, 0.1) is 11.8 Å². The zero-order chi connectivity index (χ0) is 14.6. The first kappa shape index (κ1) is 15.4. The Morgan fingerprint density at radius 1 is 1.35 bits per heavy atom. The molecule has 6 heteroatoms. The molecule has 0 spiro atoms. The lowest BCUT2D eigenvalue weighted by Gasteiger charge is -2.32. The van der Waals surface area contributed by atoms with Gasteiger partial charge in [-0.1, -0.05) is 24.5 Å². The van der Waals surface area contributed by atoms with E-state index in [0.29, 0.717) is 25.8 Å². The van der Waals surface area contributed by atoms with Gasteiger partial charge >= 0.3 is 6.18 Å². The Bertz CT molecular complexity index is 379. The van der Waals surface area contributed by atoms with E-state index in [1.165, 1.54) is 0 Å². The van der Waals surface area contributed by atoms with Gasteiger partial charge in [0.2, 0.25) is 5.91 Å². The van der Waals surface area contributed by atoms with Crippen LogP contribution in [-0.4, -0.2) is 31.7 Å². The quantitative estimate of drug-likeness (QED) is 0.784. The molecule has 1 saturated carbocycles. The van der Waals surface area contributed by atoms with Gasteiger partial charge in [0.05, 0.1) is 5.92 Å². The topological polar surface area (TPSA) is 41.1 Å². The average molecular weight is 290 g/mol. The number of hydrogen-bond donors (Lipinski definition) is 2. The Labute approximate surface area is 117 Å². The SMILES string of the molecule is O=C(NCC1=CCNCC1)C1CCCCC1C(F)(F)F. The summed E-state index contributed by atoms with van der Waals surface area (Å²) in [6.45, 7) is 2.00. The van der Waals surface area contributed by atoms with E-state index >= 15 is 0 Å². The molecule has 2 unspecified atom stereocenters. The summed E-state index contributed by atoms with van der Waals surface area (Å²) in [5.74, 6) is -2.82. The molecule has 2 aliphatic rings. The number of hydrogen-bond acceptors (Lipinski definition) is 2. The molecule has 1 fully saturated rings. The normalized spacial score (nSPS) is 27.9. The Kier molecular flexibility index (Phi) is 5.07. The van der Waals surface area contributed by atoms with Gasteiger partial charge in [-0.05, 0) is 25.8 Å². The summed E-state index contributed by atoms with van der Waals surface area (Å²) < 4.78 is 38.8. The van der Waals surface area contributed by atoms with Gasteiger partial charge in [0.15, 0.2) is 0 Å². The summed E-state index contributed by atoms with van der Waals surface area (Å²) in [7, 11) is 0. The number of rotatable bonds is 3. The summed E-state index contributed by atoms with van der Waals surface area (Å²) in [6.07, 6.45) is 0.253. The highest BCUT2D eigenvalue weighted by Gasteiger charge is 2.47. The van der Waals surface area contributed by atoms with Crippen molar-refractivity contribution in [3.05, 3.63) is 11.6 Å². The molecule has 0 bridgehead atoms. The van der Waals surface area contributed by atoms with E-state index in [4.69, 9.17) is 0 Å². The monoisotopic (exact) mass is 290 g/mol. The van der Waals surface area contributed by atoms with Crippen molar-refractivity contribution in [2.45, 2.75) is 38.3 Å². The molecule has 1 aliphatic carbocycles. The molecule has 2 rings (SSSR count). The van der Waals surface area contributed by atoms with Crippen molar-refractivity contribution >= 4 is 5.91 Å². The highest BCUT2D eigenvalue weighted by molar-refractivity contribution is 5.79. The number of carbonyl (C=O) groups is 1. The maximum atomic E-state index is 12.9. The first-order valence-electron chi connectivity index (χ1n) is 7.21. The molecule has 2 atom stereocenters. The van der Waals surface area contributed by atoms with Crippen molar-refractivity contribution in [2.75, 3.05) is 19.6 Å². The van der Waals surface area contributed by atoms with E-state index in [1.54, 1.807) is 0 Å². The first-order chi connectivity index (χ1) is 9.48. The van der Waals surface area contributed by atoms with Gasteiger partial charge < -0.3 is 10.6 Å². The molecular weight excluding hydrogens is 269 g/mol. The third kappa shape index (κ3) is 3.98. The largest absolute Gasteiger partial charge is 0.392 e. The summed E-state index contributed by atoms with van der Waals surface area (Å²) in [5.41, 5.74) is 1.09. The minimum absolute atomic E-state index is 0.0776.